The second kappa shape index (κ2) is 8.43. The highest BCUT2D eigenvalue weighted by Crippen LogP contribution is 2.31. The van der Waals surface area contributed by atoms with Crippen LogP contribution in [-0.2, 0) is 16.1 Å². The first kappa shape index (κ1) is 19.2. The molecule has 3 rings (SSSR count). The van der Waals surface area contributed by atoms with Crippen LogP contribution < -0.4 is 9.47 Å². The summed E-state index contributed by atoms with van der Waals surface area (Å²) < 4.78 is 26.7. The van der Waals surface area contributed by atoms with E-state index in [9.17, 15) is 4.79 Å². The van der Waals surface area contributed by atoms with Gasteiger partial charge in [-0.1, -0.05) is 12.1 Å². The summed E-state index contributed by atoms with van der Waals surface area (Å²) in [6.45, 7) is 3.50. The van der Waals surface area contributed by atoms with E-state index in [0.29, 0.717) is 34.3 Å². The molecular formula is C20H20N2O6. The lowest BCUT2D eigenvalue weighted by Gasteiger charge is -2.09. The number of rotatable bonds is 7. The Morgan fingerprint density at radius 2 is 1.96 bits per heavy atom. The van der Waals surface area contributed by atoms with Gasteiger partial charge in [0.15, 0.2) is 18.1 Å². The molecule has 0 N–H and O–H groups in total. The summed E-state index contributed by atoms with van der Waals surface area (Å²) >= 11 is 0. The molecule has 0 saturated carbocycles. The number of para-hydroxylation sites is 1. The minimum absolute atomic E-state index is 0.138. The maximum atomic E-state index is 12.0. The van der Waals surface area contributed by atoms with Crippen molar-refractivity contribution in [3.63, 3.8) is 0 Å². The molecule has 2 heterocycles. The van der Waals surface area contributed by atoms with E-state index in [2.05, 4.69) is 10.2 Å². The molecule has 28 heavy (non-hydrogen) atoms. The van der Waals surface area contributed by atoms with Crippen LogP contribution in [0.2, 0.25) is 0 Å². The van der Waals surface area contributed by atoms with Crippen LogP contribution in [0, 0.1) is 13.8 Å². The van der Waals surface area contributed by atoms with Crippen LogP contribution in [0.5, 0.6) is 11.5 Å². The Morgan fingerprint density at radius 1 is 1.14 bits per heavy atom. The Labute approximate surface area is 161 Å². The van der Waals surface area contributed by atoms with Crippen LogP contribution >= 0.6 is 0 Å². The van der Waals surface area contributed by atoms with E-state index >= 15 is 0 Å². The van der Waals surface area contributed by atoms with Crippen molar-refractivity contribution in [2.75, 3.05) is 14.2 Å². The number of hydrogen-bond acceptors (Lipinski definition) is 8. The van der Waals surface area contributed by atoms with Gasteiger partial charge in [-0.15, -0.1) is 10.2 Å². The van der Waals surface area contributed by atoms with Crippen molar-refractivity contribution in [3.8, 4) is 23.0 Å². The minimum Gasteiger partial charge on any atom is -0.493 e. The summed E-state index contributed by atoms with van der Waals surface area (Å²) in [5.74, 6) is 2.48. The summed E-state index contributed by atoms with van der Waals surface area (Å²) in [5, 5.41) is 7.84. The summed E-state index contributed by atoms with van der Waals surface area (Å²) in [6, 6.07) is 7.17. The standard InChI is InChI=1S/C20H20N2O6/c1-12-10-15(13(2)27-12)20-22-21-17(28-20)11-26-18(23)9-8-14-6-5-7-16(24-3)19(14)25-4/h5-10H,11H2,1-4H3/b9-8+. The van der Waals surface area contributed by atoms with Gasteiger partial charge in [0.2, 0.25) is 0 Å². The Bertz CT molecular complexity index is 1000. The van der Waals surface area contributed by atoms with Gasteiger partial charge in [-0.2, -0.15) is 0 Å². The molecule has 0 aliphatic carbocycles. The molecule has 0 atom stereocenters. The fourth-order valence-electron chi connectivity index (χ4n) is 2.65. The van der Waals surface area contributed by atoms with Crippen LogP contribution in [0.25, 0.3) is 17.5 Å². The van der Waals surface area contributed by atoms with Crippen molar-refractivity contribution >= 4 is 12.0 Å². The van der Waals surface area contributed by atoms with E-state index < -0.39 is 5.97 Å². The normalized spacial score (nSPS) is 11.0. The van der Waals surface area contributed by atoms with Crippen molar-refractivity contribution in [3.05, 3.63) is 53.3 Å². The number of ether oxygens (including phenoxy) is 3. The van der Waals surface area contributed by atoms with Gasteiger partial charge in [0.25, 0.3) is 11.8 Å². The Morgan fingerprint density at radius 3 is 2.64 bits per heavy atom. The number of aromatic nitrogens is 2. The number of furan rings is 1. The van der Waals surface area contributed by atoms with E-state index in [-0.39, 0.29) is 12.5 Å². The average Bonchev–Trinajstić information content (AvgIpc) is 3.29. The third-order valence-corrected chi connectivity index (χ3v) is 3.91. The number of benzene rings is 1. The topological polar surface area (TPSA) is 96.8 Å². The molecule has 0 unspecified atom stereocenters. The zero-order valence-corrected chi connectivity index (χ0v) is 16.0. The molecule has 8 heteroatoms. The maximum Gasteiger partial charge on any atom is 0.331 e. The third kappa shape index (κ3) is 4.22. The molecule has 0 fully saturated rings. The van der Waals surface area contributed by atoms with E-state index in [4.69, 9.17) is 23.0 Å². The molecule has 0 spiro atoms. The second-order valence-electron chi connectivity index (χ2n) is 5.85. The largest absolute Gasteiger partial charge is 0.493 e. The Balaban J connectivity index is 1.62. The van der Waals surface area contributed by atoms with Crippen molar-refractivity contribution in [2.45, 2.75) is 20.5 Å². The zero-order valence-electron chi connectivity index (χ0n) is 16.0. The lowest BCUT2D eigenvalue weighted by atomic mass is 10.1. The molecule has 0 aliphatic heterocycles. The molecule has 0 saturated heterocycles. The van der Waals surface area contributed by atoms with Gasteiger partial charge < -0.3 is 23.0 Å². The van der Waals surface area contributed by atoms with Gasteiger partial charge in [-0.25, -0.2) is 4.79 Å². The SMILES string of the molecule is COc1cccc(/C=C/C(=O)OCc2nnc(-c3cc(C)oc3C)o2)c1OC. The lowest BCUT2D eigenvalue weighted by molar-refractivity contribution is -0.139. The Hall–Kier alpha value is -3.55. The quantitative estimate of drug-likeness (QED) is 0.449. The minimum atomic E-state index is -0.556. The number of hydrogen-bond donors (Lipinski definition) is 0. The van der Waals surface area contributed by atoms with E-state index in [1.165, 1.54) is 13.2 Å². The first-order valence-electron chi connectivity index (χ1n) is 8.47. The summed E-state index contributed by atoms with van der Waals surface area (Å²) in [4.78, 5) is 12.0. The fourth-order valence-corrected chi connectivity index (χ4v) is 2.65. The van der Waals surface area contributed by atoms with E-state index in [0.717, 1.165) is 5.76 Å². The van der Waals surface area contributed by atoms with Gasteiger partial charge in [0.05, 0.1) is 19.8 Å². The average molecular weight is 384 g/mol. The summed E-state index contributed by atoms with van der Waals surface area (Å²) in [7, 11) is 3.08. The number of carbonyl (C=O) groups excluding carboxylic acids is 1. The smallest absolute Gasteiger partial charge is 0.331 e. The number of methoxy groups -OCH3 is 2. The molecule has 0 bridgehead atoms. The second-order valence-corrected chi connectivity index (χ2v) is 5.85. The van der Waals surface area contributed by atoms with Gasteiger partial charge in [0.1, 0.15) is 11.5 Å². The van der Waals surface area contributed by atoms with Crippen LogP contribution in [0.15, 0.2) is 39.2 Å². The molecule has 0 radical (unpaired) electrons. The van der Waals surface area contributed by atoms with Gasteiger partial charge >= 0.3 is 5.97 Å². The molecular weight excluding hydrogens is 364 g/mol. The molecule has 3 aromatic rings. The zero-order chi connectivity index (χ0) is 20.1. The van der Waals surface area contributed by atoms with Gasteiger partial charge in [-0.05, 0) is 32.1 Å². The van der Waals surface area contributed by atoms with Crippen molar-refractivity contribution in [2.24, 2.45) is 0 Å². The van der Waals surface area contributed by atoms with Crippen LogP contribution in [0.3, 0.4) is 0 Å². The molecule has 1 aromatic carbocycles. The number of nitrogens with zero attached hydrogens (tertiary/aromatic N) is 2. The number of carbonyl (C=O) groups is 1. The van der Waals surface area contributed by atoms with Crippen LogP contribution in [0.1, 0.15) is 23.0 Å². The molecule has 2 aromatic heterocycles. The monoisotopic (exact) mass is 384 g/mol. The van der Waals surface area contributed by atoms with E-state index in [1.807, 2.05) is 19.9 Å². The van der Waals surface area contributed by atoms with Crippen molar-refractivity contribution < 1.29 is 27.8 Å². The predicted octanol–water partition coefficient (Wildman–Crippen LogP) is 3.72. The maximum absolute atomic E-state index is 12.0. The number of aryl methyl sites for hydroxylation is 2. The fraction of sp³-hybridized carbons (Fsp3) is 0.250. The van der Waals surface area contributed by atoms with Crippen LogP contribution in [0.4, 0.5) is 0 Å². The van der Waals surface area contributed by atoms with Gasteiger partial charge in [-0.3, -0.25) is 0 Å². The van der Waals surface area contributed by atoms with Crippen LogP contribution in [-0.4, -0.2) is 30.4 Å². The van der Waals surface area contributed by atoms with E-state index in [1.54, 1.807) is 31.4 Å². The number of esters is 1. The van der Waals surface area contributed by atoms with Crippen molar-refractivity contribution in [1.82, 2.24) is 10.2 Å². The third-order valence-electron chi connectivity index (χ3n) is 3.91. The first-order valence-corrected chi connectivity index (χ1v) is 8.47. The highest BCUT2D eigenvalue weighted by Gasteiger charge is 2.15. The molecule has 0 amide bonds. The first-order chi connectivity index (χ1) is 13.5. The lowest BCUT2D eigenvalue weighted by Crippen LogP contribution is -2.01. The Kier molecular flexibility index (Phi) is 5.78. The van der Waals surface area contributed by atoms with Gasteiger partial charge in [0, 0.05) is 11.6 Å². The molecule has 8 nitrogen and oxygen atoms in total. The highest BCUT2D eigenvalue weighted by molar-refractivity contribution is 5.87. The summed E-state index contributed by atoms with van der Waals surface area (Å²) in [6.07, 6.45) is 2.87. The summed E-state index contributed by atoms with van der Waals surface area (Å²) in [5.41, 5.74) is 1.40. The van der Waals surface area contributed by atoms with Crippen molar-refractivity contribution in [1.29, 1.82) is 0 Å². The highest BCUT2D eigenvalue weighted by atomic mass is 16.5. The molecule has 0 aliphatic rings. The molecule has 146 valence electrons. The predicted molar refractivity (Wildman–Crippen MR) is 99.9 cm³/mol.